The number of carbonyl (C=O) groups is 1. The average molecular weight is 182 g/mol. The van der Waals surface area contributed by atoms with Gasteiger partial charge in [-0.1, -0.05) is 19.9 Å². The van der Waals surface area contributed by atoms with Gasteiger partial charge in [0, 0.05) is 5.41 Å². The molecule has 0 aromatic carbocycles. The molecule has 0 N–H and O–H groups in total. The lowest BCUT2D eigenvalue weighted by Crippen LogP contribution is -2.23. The zero-order valence-corrected chi connectivity index (χ0v) is 8.72. The van der Waals surface area contributed by atoms with Crippen molar-refractivity contribution >= 4 is 5.97 Å². The summed E-state index contributed by atoms with van der Waals surface area (Å²) in [4.78, 5) is 11.6. The van der Waals surface area contributed by atoms with E-state index >= 15 is 0 Å². The molecule has 0 amide bonds. The van der Waals surface area contributed by atoms with Gasteiger partial charge in [-0.25, -0.2) is 0 Å². The van der Waals surface area contributed by atoms with Crippen LogP contribution >= 0.6 is 0 Å². The second-order valence-corrected chi connectivity index (χ2v) is 3.82. The van der Waals surface area contributed by atoms with Gasteiger partial charge in [-0.2, -0.15) is 0 Å². The predicted molar refractivity (Wildman–Crippen MR) is 52.3 cm³/mol. The molecule has 0 aliphatic heterocycles. The van der Waals surface area contributed by atoms with E-state index in [0.717, 1.165) is 19.3 Å². The van der Waals surface area contributed by atoms with E-state index in [-0.39, 0.29) is 16.8 Å². The Kier molecular flexibility index (Phi) is 2.51. The van der Waals surface area contributed by atoms with Gasteiger partial charge in [0.25, 0.3) is 0 Å². The van der Waals surface area contributed by atoms with Gasteiger partial charge in [0.05, 0.1) is 12.5 Å². The Bertz CT molecular complexity index is 234. The van der Waals surface area contributed by atoms with Gasteiger partial charge in [-0.3, -0.25) is 4.79 Å². The zero-order chi connectivity index (χ0) is 10.1. The first kappa shape index (κ1) is 10.3. The van der Waals surface area contributed by atoms with Gasteiger partial charge < -0.3 is 4.74 Å². The third-order valence-electron chi connectivity index (χ3n) is 3.65. The Hall–Kier alpha value is -0.790. The van der Waals surface area contributed by atoms with Gasteiger partial charge in [0.2, 0.25) is 0 Å². The van der Waals surface area contributed by atoms with Gasteiger partial charge in [-0.05, 0) is 19.3 Å². The Balaban J connectivity index is 2.89. The Morgan fingerprint density at radius 2 is 2.15 bits per heavy atom. The molecule has 0 aromatic rings. The summed E-state index contributed by atoms with van der Waals surface area (Å²) >= 11 is 0. The molecular weight excluding hydrogens is 164 g/mol. The maximum atomic E-state index is 11.6. The summed E-state index contributed by atoms with van der Waals surface area (Å²) < 4.78 is 4.84. The zero-order valence-electron chi connectivity index (χ0n) is 8.72. The van der Waals surface area contributed by atoms with Crippen molar-refractivity contribution in [1.29, 1.82) is 0 Å². The molecule has 0 unspecified atom stereocenters. The van der Waals surface area contributed by atoms with Crippen LogP contribution in [0, 0.1) is 10.8 Å². The van der Waals surface area contributed by atoms with Crippen molar-refractivity contribution in [2.75, 3.05) is 7.11 Å². The van der Waals surface area contributed by atoms with E-state index in [9.17, 15) is 4.79 Å². The van der Waals surface area contributed by atoms with Gasteiger partial charge in [0.1, 0.15) is 0 Å². The van der Waals surface area contributed by atoms with Gasteiger partial charge in [-0.15, -0.1) is 6.58 Å². The third-order valence-corrected chi connectivity index (χ3v) is 3.65. The molecule has 1 aliphatic carbocycles. The fourth-order valence-electron chi connectivity index (χ4n) is 2.46. The van der Waals surface area contributed by atoms with Crippen LogP contribution in [0.4, 0.5) is 0 Å². The van der Waals surface area contributed by atoms with Crippen LogP contribution in [-0.2, 0) is 9.53 Å². The summed E-state index contributed by atoms with van der Waals surface area (Å²) in [5.74, 6) is -0.0725. The predicted octanol–water partition coefficient (Wildman–Crippen LogP) is 2.54. The van der Waals surface area contributed by atoms with Crippen LogP contribution in [0.5, 0.6) is 0 Å². The number of ether oxygens (including phenoxy) is 1. The number of rotatable bonds is 4. The Labute approximate surface area is 80.0 Å². The summed E-state index contributed by atoms with van der Waals surface area (Å²) in [6.07, 6.45) is 4.65. The highest BCUT2D eigenvalue weighted by Crippen LogP contribution is 2.69. The fourth-order valence-corrected chi connectivity index (χ4v) is 2.46. The smallest absolute Gasteiger partial charge is 0.312 e. The normalized spacial score (nSPS) is 36.8. The lowest BCUT2D eigenvalue weighted by molar-refractivity contribution is -0.148. The molecule has 1 rings (SSSR count). The molecule has 1 fully saturated rings. The number of hydrogen-bond donors (Lipinski definition) is 0. The Morgan fingerprint density at radius 3 is 2.38 bits per heavy atom. The van der Waals surface area contributed by atoms with E-state index in [2.05, 4.69) is 13.5 Å². The SMILES string of the molecule is C=C[C@@]1(CC)C[C@]1(CC)C(=O)OC. The number of allylic oxidation sites excluding steroid dienone is 1. The lowest BCUT2D eigenvalue weighted by atomic mass is 9.88. The number of esters is 1. The number of methoxy groups -OCH3 is 1. The van der Waals surface area contributed by atoms with E-state index in [1.165, 1.54) is 7.11 Å². The highest BCUT2D eigenvalue weighted by molar-refractivity contribution is 5.82. The first-order valence-corrected chi connectivity index (χ1v) is 4.84. The van der Waals surface area contributed by atoms with Gasteiger partial charge >= 0.3 is 5.97 Å². The minimum atomic E-state index is -0.266. The molecule has 1 saturated carbocycles. The largest absolute Gasteiger partial charge is 0.469 e. The molecule has 0 bridgehead atoms. The van der Waals surface area contributed by atoms with Crippen LogP contribution in [0.2, 0.25) is 0 Å². The first-order valence-electron chi connectivity index (χ1n) is 4.84. The van der Waals surface area contributed by atoms with Crippen LogP contribution in [0.3, 0.4) is 0 Å². The Morgan fingerprint density at radius 1 is 1.54 bits per heavy atom. The molecule has 0 saturated heterocycles. The van der Waals surface area contributed by atoms with Gasteiger partial charge in [0.15, 0.2) is 0 Å². The van der Waals surface area contributed by atoms with Crippen LogP contribution in [0.15, 0.2) is 12.7 Å². The summed E-state index contributed by atoms with van der Waals surface area (Å²) in [7, 11) is 1.46. The second kappa shape index (κ2) is 3.17. The fraction of sp³-hybridized carbons (Fsp3) is 0.727. The molecule has 13 heavy (non-hydrogen) atoms. The van der Waals surface area contributed by atoms with Crippen molar-refractivity contribution in [1.82, 2.24) is 0 Å². The minimum Gasteiger partial charge on any atom is -0.469 e. The van der Waals surface area contributed by atoms with E-state index in [0.29, 0.717) is 0 Å². The quantitative estimate of drug-likeness (QED) is 0.493. The highest BCUT2D eigenvalue weighted by atomic mass is 16.5. The van der Waals surface area contributed by atoms with E-state index in [1.807, 2.05) is 13.0 Å². The van der Waals surface area contributed by atoms with E-state index in [1.54, 1.807) is 0 Å². The standard InChI is InChI=1S/C11H18O2/c1-5-10(6-2)8-11(10,7-3)9(12)13-4/h5H,1,6-8H2,2-4H3/t10-,11-/m1/s1. The molecule has 1 aliphatic rings. The first-order chi connectivity index (χ1) is 6.12. The van der Waals surface area contributed by atoms with Crippen molar-refractivity contribution in [3.8, 4) is 0 Å². The summed E-state index contributed by atoms with van der Waals surface area (Å²) in [5.41, 5.74) is -0.257. The van der Waals surface area contributed by atoms with Crippen molar-refractivity contribution in [2.45, 2.75) is 33.1 Å². The highest BCUT2D eigenvalue weighted by Gasteiger charge is 2.68. The van der Waals surface area contributed by atoms with Crippen LogP contribution < -0.4 is 0 Å². The van der Waals surface area contributed by atoms with Crippen LogP contribution in [0.25, 0.3) is 0 Å². The molecule has 2 atom stereocenters. The maximum absolute atomic E-state index is 11.6. The number of carbonyl (C=O) groups excluding carboxylic acids is 1. The molecule has 0 heterocycles. The van der Waals surface area contributed by atoms with E-state index in [4.69, 9.17) is 4.74 Å². The monoisotopic (exact) mass is 182 g/mol. The molecule has 2 heteroatoms. The minimum absolute atomic E-state index is 0.00877. The van der Waals surface area contributed by atoms with Crippen LogP contribution in [0.1, 0.15) is 33.1 Å². The summed E-state index contributed by atoms with van der Waals surface area (Å²) in [6, 6.07) is 0. The number of hydrogen-bond acceptors (Lipinski definition) is 2. The third kappa shape index (κ3) is 1.11. The van der Waals surface area contributed by atoms with Crippen molar-refractivity contribution in [3.63, 3.8) is 0 Å². The van der Waals surface area contributed by atoms with Crippen molar-refractivity contribution in [3.05, 3.63) is 12.7 Å². The van der Waals surface area contributed by atoms with E-state index < -0.39 is 0 Å². The summed E-state index contributed by atoms with van der Waals surface area (Å²) in [5, 5.41) is 0. The molecular formula is C11H18O2. The average Bonchev–Trinajstić information content (AvgIpc) is 2.87. The van der Waals surface area contributed by atoms with Crippen molar-refractivity contribution in [2.24, 2.45) is 10.8 Å². The van der Waals surface area contributed by atoms with Crippen LogP contribution in [-0.4, -0.2) is 13.1 Å². The maximum Gasteiger partial charge on any atom is 0.312 e. The molecule has 0 spiro atoms. The summed E-state index contributed by atoms with van der Waals surface area (Å²) in [6.45, 7) is 7.96. The second-order valence-electron chi connectivity index (χ2n) is 3.82. The molecule has 0 radical (unpaired) electrons. The molecule has 74 valence electrons. The molecule has 0 aromatic heterocycles. The lowest BCUT2D eigenvalue weighted by Gasteiger charge is -2.18. The topological polar surface area (TPSA) is 26.3 Å². The van der Waals surface area contributed by atoms with Crippen molar-refractivity contribution < 1.29 is 9.53 Å². The molecule has 2 nitrogen and oxygen atoms in total.